The van der Waals surface area contributed by atoms with Crippen molar-refractivity contribution in [3.8, 4) is 11.5 Å². The summed E-state index contributed by atoms with van der Waals surface area (Å²) in [7, 11) is 3.02. The quantitative estimate of drug-likeness (QED) is 0.428. The molecule has 2 rings (SSSR count). The number of aliphatic carboxylic acids is 1. The summed E-state index contributed by atoms with van der Waals surface area (Å²) in [6.07, 6.45) is 2.88. The summed E-state index contributed by atoms with van der Waals surface area (Å²) in [4.78, 5) is 23.0. The molecule has 0 aliphatic rings. The monoisotopic (exact) mass is 376 g/mol. The molecule has 0 radical (unpaired) electrons. The largest absolute Gasteiger partial charge is 0.493 e. The van der Waals surface area contributed by atoms with Gasteiger partial charge in [0, 0.05) is 16.0 Å². The van der Waals surface area contributed by atoms with Crippen LogP contribution in [0.2, 0.25) is 0 Å². The van der Waals surface area contributed by atoms with Crippen LogP contribution in [0.15, 0.2) is 47.4 Å². The van der Waals surface area contributed by atoms with Gasteiger partial charge in [-0.2, -0.15) is 0 Å². The van der Waals surface area contributed by atoms with Crippen molar-refractivity contribution in [2.45, 2.75) is 4.90 Å². The number of benzene rings is 2. The molecule has 26 heavy (non-hydrogen) atoms. The summed E-state index contributed by atoms with van der Waals surface area (Å²) in [5.74, 6) is -1.28. The van der Waals surface area contributed by atoms with Gasteiger partial charge in [0.15, 0.2) is 17.3 Å². The highest BCUT2D eigenvalue weighted by Gasteiger charge is 2.11. The Hall–Kier alpha value is -2.80. The lowest BCUT2D eigenvalue weighted by Crippen LogP contribution is -2.00. The first-order valence-electron chi connectivity index (χ1n) is 7.53. The van der Waals surface area contributed by atoms with Crippen LogP contribution in [0.25, 0.3) is 6.08 Å². The Bertz CT molecular complexity index is 848. The van der Waals surface area contributed by atoms with E-state index in [1.165, 1.54) is 32.4 Å². The van der Waals surface area contributed by atoms with E-state index in [1.807, 2.05) is 0 Å². The number of ketones is 1. The van der Waals surface area contributed by atoms with Crippen LogP contribution in [-0.4, -0.2) is 36.8 Å². The minimum Gasteiger partial charge on any atom is -0.493 e. The van der Waals surface area contributed by atoms with Crippen molar-refractivity contribution < 1.29 is 28.6 Å². The first kappa shape index (κ1) is 19.5. The summed E-state index contributed by atoms with van der Waals surface area (Å²) in [5, 5.41) is 8.64. The van der Waals surface area contributed by atoms with Crippen LogP contribution in [-0.2, 0) is 4.79 Å². The molecule has 0 aliphatic heterocycles. The molecule has 2 aromatic rings. The maximum atomic E-state index is 14.0. The van der Waals surface area contributed by atoms with Gasteiger partial charge in [-0.05, 0) is 36.4 Å². The average molecular weight is 376 g/mol. The van der Waals surface area contributed by atoms with E-state index in [9.17, 15) is 14.0 Å². The van der Waals surface area contributed by atoms with Gasteiger partial charge in [-0.1, -0.05) is 12.1 Å². The zero-order chi connectivity index (χ0) is 19.1. The molecule has 2 aromatic carbocycles. The van der Waals surface area contributed by atoms with E-state index in [2.05, 4.69) is 0 Å². The van der Waals surface area contributed by atoms with E-state index < -0.39 is 11.8 Å². The van der Waals surface area contributed by atoms with Crippen molar-refractivity contribution in [2.24, 2.45) is 0 Å². The number of carboxylic acid groups (broad SMARTS) is 1. The fraction of sp³-hybridized carbons (Fsp3) is 0.158. The third kappa shape index (κ3) is 4.86. The number of para-hydroxylation sites is 1. The molecule has 7 heteroatoms. The van der Waals surface area contributed by atoms with Crippen LogP contribution in [0.5, 0.6) is 11.5 Å². The van der Waals surface area contributed by atoms with Crippen molar-refractivity contribution in [1.82, 2.24) is 0 Å². The van der Waals surface area contributed by atoms with Crippen LogP contribution in [0.1, 0.15) is 15.9 Å². The first-order valence-corrected chi connectivity index (χ1v) is 8.52. The number of rotatable bonds is 8. The number of ether oxygens (including phenoxy) is 2. The number of carbonyl (C=O) groups is 2. The molecule has 0 heterocycles. The summed E-state index contributed by atoms with van der Waals surface area (Å²) < 4.78 is 24.5. The SMILES string of the molecule is COc1cccc(/C=C/C(=O)c2ccc(SCC(=O)O)c(F)c2)c1OC. The third-order valence-electron chi connectivity index (χ3n) is 3.42. The zero-order valence-electron chi connectivity index (χ0n) is 14.2. The highest BCUT2D eigenvalue weighted by atomic mass is 32.2. The highest BCUT2D eigenvalue weighted by molar-refractivity contribution is 8.00. The van der Waals surface area contributed by atoms with Gasteiger partial charge in [-0.3, -0.25) is 9.59 Å². The Kier molecular flexibility index (Phi) is 6.80. The van der Waals surface area contributed by atoms with Gasteiger partial charge in [0.1, 0.15) is 5.82 Å². The number of carboxylic acids is 1. The lowest BCUT2D eigenvalue weighted by atomic mass is 10.1. The average Bonchev–Trinajstić information content (AvgIpc) is 2.64. The van der Waals surface area contributed by atoms with Gasteiger partial charge in [-0.15, -0.1) is 11.8 Å². The van der Waals surface area contributed by atoms with Crippen LogP contribution < -0.4 is 9.47 Å². The van der Waals surface area contributed by atoms with E-state index in [0.29, 0.717) is 17.1 Å². The summed E-state index contributed by atoms with van der Waals surface area (Å²) in [5.41, 5.74) is 0.814. The molecule has 0 fully saturated rings. The van der Waals surface area contributed by atoms with Gasteiger partial charge >= 0.3 is 5.97 Å². The fourth-order valence-corrected chi connectivity index (χ4v) is 2.86. The van der Waals surface area contributed by atoms with Gasteiger partial charge in [0.25, 0.3) is 0 Å². The lowest BCUT2D eigenvalue weighted by molar-refractivity contribution is -0.133. The Morgan fingerprint density at radius 2 is 1.96 bits per heavy atom. The van der Waals surface area contributed by atoms with E-state index >= 15 is 0 Å². The van der Waals surface area contributed by atoms with Crippen molar-refractivity contribution in [3.05, 3.63) is 59.4 Å². The fourth-order valence-electron chi connectivity index (χ4n) is 2.22. The smallest absolute Gasteiger partial charge is 0.313 e. The Morgan fingerprint density at radius 1 is 1.19 bits per heavy atom. The molecule has 0 bridgehead atoms. The third-order valence-corrected chi connectivity index (χ3v) is 4.45. The molecule has 0 saturated heterocycles. The predicted molar refractivity (Wildman–Crippen MR) is 97.7 cm³/mol. The van der Waals surface area contributed by atoms with Crippen LogP contribution in [0.3, 0.4) is 0 Å². The zero-order valence-corrected chi connectivity index (χ0v) is 15.0. The molecule has 136 valence electrons. The second-order valence-electron chi connectivity index (χ2n) is 5.11. The first-order chi connectivity index (χ1) is 12.5. The van der Waals surface area contributed by atoms with E-state index in [-0.39, 0.29) is 22.0 Å². The molecular weight excluding hydrogens is 359 g/mol. The topological polar surface area (TPSA) is 72.8 Å². The number of halogens is 1. The molecule has 0 saturated carbocycles. The minimum absolute atomic E-state index is 0.167. The van der Waals surface area contributed by atoms with Crippen LogP contribution in [0.4, 0.5) is 4.39 Å². The maximum absolute atomic E-state index is 14.0. The number of carbonyl (C=O) groups excluding carboxylic acids is 1. The second kappa shape index (κ2) is 9.05. The molecule has 5 nitrogen and oxygen atoms in total. The normalized spacial score (nSPS) is 10.7. The molecule has 1 N–H and O–H groups in total. The molecular formula is C19H17FO5S. The van der Waals surface area contributed by atoms with E-state index in [4.69, 9.17) is 14.6 Å². The maximum Gasteiger partial charge on any atom is 0.313 e. The van der Waals surface area contributed by atoms with Gasteiger partial charge < -0.3 is 14.6 Å². The van der Waals surface area contributed by atoms with Crippen LogP contribution >= 0.6 is 11.8 Å². The number of methoxy groups -OCH3 is 2. The Labute approximate surface area is 154 Å². The van der Waals surface area contributed by atoms with Crippen molar-refractivity contribution in [1.29, 1.82) is 0 Å². The highest BCUT2D eigenvalue weighted by Crippen LogP contribution is 2.31. The molecule has 0 amide bonds. The standard InChI is InChI=1S/C19H17FO5S/c1-24-16-5-3-4-12(19(16)25-2)6-8-15(21)13-7-9-17(14(20)10-13)26-11-18(22)23/h3-10H,11H2,1-2H3,(H,22,23)/b8-6+. The van der Waals surface area contributed by atoms with Gasteiger partial charge in [0.05, 0.1) is 20.0 Å². The van der Waals surface area contributed by atoms with Crippen molar-refractivity contribution in [2.75, 3.05) is 20.0 Å². The molecule has 0 spiro atoms. The van der Waals surface area contributed by atoms with Gasteiger partial charge in [-0.25, -0.2) is 4.39 Å². The van der Waals surface area contributed by atoms with E-state index in [0.717, 1.165) is 17.8 Å². The molecule has 0 aromatic heterocycles. The summed E-state index contributed by atoms with van der Waals surface area (Å²) in [6.45, 7) is 0. The number of allylic oxidation sites excluding steroid dienone is 1. The molecule has 0 atom stereocenters. The number of hydrogen-bond acceptors (Lipinski definition) is 5. The van der Waals surface area contributed by atoms with Crippen LogP contribution in [0, 0.1) is 5.82 Å². The Morgan fingerprint density at radius 3 is 2.58 bits per heavy atom. The predicted octanol–water partition coefficient (Wildman–Crippen LogP) is 3.92. The number of thioether (sulfide) groups is 1. The molecule has 0 aliphatic carbocycles. The van der Waals surface area contributed by atoms with Crippen molar-refractivity contribution in [3.63, 3.8) is 0 Å². The van der Waals surface area contributed by atoms with Gasteiger partial charge in [0.2, 0.25) is 0 Å². The molecule has 0 unspecified atom stereocenters. The van der Waals surface area contributed by atoms with E-state index in [1.54, 1.807) is 24.3 Å². The Balaban J connectivity index is 2.19. The lowest BCUT2D eigenvalue weighted by Gasteiger charge is -2.09. The summed E-state index contributed by atoms with van der Waals surface area (Å²) >= 11 is 0.861. The number of hydrogen-bond donors (Lipinski definition) is 1. The van der Waals surface area contributed by atoms with Crippen molar-refractivity contribution >= 4 is 29.6 Å². The second-order valence-corrected chi connectivity index (χ2v) is 6.13. The summed E-state index contributed by atoms with van der Waals surface area (Å²) in [6, 6.07) is 9.22. The minimum atomic E-state index is -1.04.